The highest BCUT2D eigenvalue weighted by molar-refractivity contribution is 6.05. The molecular formula is C42H47N13O7. The second-order valence-corrected chi connectivity index (χ2v) is 14.9. The van der Waals surface area contributed by atoms with Crippen molar-refractivity contribution in [2.45, 2.75) is 59.9 Å². The van der Waals surface area contributed by atoms with E-state index >= 15 is 0 Å². The Labute approximate surface area is 355 Å². The second kappa shape index (κ2) is 16.9. The van der Waals surface area contributed by atoms with Gasteiger partial charge in [0.25, 0.3) is 11.8 Å². The molecule has 0 unspecified atom stereocenters. The largest absolute Gasteiger partial charge is 0.500 e. The number of nitrogens with zero attached hydrogens (tertiary/aromatic N) is 9. The van der Waals surface area contributed by atoms with Gasteiger partial charge in [0.1, 0.15) is 52.9 Å². The first-order valence-corrected chi connectivity index (χ1v) is 20.1. The highest BCUT2D eigenvalue weighted by Gasteiger charge is 2.29. The van der Waals surface area contributed by atoms with E-state index in [-0.39, 0.29) is 49.3 Å². The van der Waals surface area contributed by atoms with Crippen LogP contribution in [-0.4, -0.2) is 107 Å². The molecule has 2 aromatic carbocycles. The SMILES string of the molecule is CCn1nc(C)cc1C(=O)Nc1nc2cc(C(N)=O)cc3c2n1C/C=C/Cn1c(NC(=O)c2cc(C)nn2CC)nc2cc(C(N)=O)cc(c21)OCC(N1CC=C(OC)C1)CO3. The zero-order valence-corrected chi connectivity index (χ0v) is 35.0. The van der Waals surface area contributed by atoms with E-state index in [0.29, 0.717) is 82.5 Å². The van der Waals surface area contributed by atoms with Crippen LogP contribution in [0.2, 0.25) is 0 Å². The number of benzene rings is 2. The maximum absolute atomic E-state index is 13.8. The molecule has 0 bridgehead atoms. The number of allylic oxidation sites excluding steroid dienone is 2. The number of primary amides is 2. The van der Waals surface area contributed by atoms with Crippen LogP contribution in [0.25, 0.3) is 22.1 Å². The second-order valence-electron chi connectivity index (χ2n) is 14.9. The van der Waals surface area contributed by atoms with E-state index in [2.05, 4.69) is 25.7 Å². The van der Waals surface area contributed by atoms with Gasteiger partial charge in [0, 0.05) is 43.9 Å². The van der Waals surface area contributed by atoms with Gasteiger partial charge in [-0.05, 0) is 70.2 Å². The van der Waals surface area contributed by atoms with Gasteiger partial charge in [-0.15, -0.1) is 0 Å². The molecule has 8 rings (SSSR count). The normalized spacial score (nSPS) is 15.3. The number of hydrogen-bond donors (Lipinski definition) is 4. The summed E-state index contributed by atoms with van der Waals surface area (Å²) in [6, 6.07) is 9.18. The van der Waals surface area contributed by atoms with Gasteiger partial charge in [0.2, 0.25) is 23.7 Å². The smallest absolute Gasteiger partial charge is 0.276 e. The Morgan fingerprint density at radius 1 is 0.726 bits per heavy atom. The molecule has 0 fully saturated rings. The summed E-state index contributed by atoms with van der Waals surface area (Å²) in [5, 5.41) is 14.8. The average molecular weight is 846 g/mol. The lowest BCUT2D eigenvalue weighted by atomic mass is 10.1. The molecule has 6 N–H and O–H groups in total. The summed E-state index contributed by atoms with van der Waals surface area (Å²) < 4.78 is 25.6. The van der Waals surface area contributed by atoms with Crippen LogP contribution < -0.4 is 31.6 Å². The number of ether oxygens (including phenoxy) is 3. The van der Waals surface area contributed by atoms with E-state index in [0.717, 1.165) is 5.76 Å². The zero-order valence-electron chi connectivity index (χ0n) is 35.0. The minimum Gasteiger partial charge on any atom is -0.500 e. The summed E-state index contributed by atoms with van der Waals surface area (Å²) in [7, 11) is 1.61. The third-order valence-electron chi connectivity index (χ3n) is 10.8. The summed E-state index contributed by atoms with van der Waals surface area (Å²) in [5.41, 5.74) is 15.7. The van der Waals surface area contributed by atoms with Gasteiger partial charge in [0.15, 0.2) is 0 Å². The molecule has 322 valence electrons. The molecule has 0 atom stereocenters. The number of anilines is 2. The Kier molecular flexibility index (Phi) is 11.2. The lowest BCUT2D eigenvalue weighted by Crippen LogP contribution is -2.42. The molecule has 0 aliphatic carbocycles. The summed E-state index contributed by atoms with van der Waals surface area (Å²) in [4.78, 5) is 64.7. The summed E-state index contributed by atoms with van der Waals surface area (Å²) in [5.74, 6) is -0.518. The number of amides is 4. The topological polar surface area (TPSA) is 247 Å². The highest BCUT2D eigenvalue weighted by Crippen LogP contribution is 2.34. The van der Waals surface area contributed by atoms with Crippen molar-refractivity contribution in [2.24, 2.45) is 11.5 Å². The number of rotatable bonds is 10. The van der Waals surface area contributed by atoms with Gasteiger partial charge >= 0.3 is 0 Å². The number of aryl methyl sites for hydroxylation is 4. The van der Waals surface area contributed by atoms with E-state index < -0.39 is 29.7 Å². The third kappa shape index (κ3) is 7.94. The van der Waals surface area contributed by atoms with Crippen LogP contribution >= 0.6 is 0 Å². The quantitative estimate of drug-likeness (QED) is 0.145. The predicted molar refractivity (Wildman–Crippen MR) is 228 cm³/mol. The van der Waals surface area contributed by atoms with E-state index in [1.807, 2.05) is 45.9 Å². The molecule has 0 saturated carbocycles. The fraction of sp³-hybridized carbons (Fsp3) is 0.333. The molecule has 4 amide bonds. The van der Waals surface area contributed by atoms with Crippen LogP contribution in [-0.2, 0) is 30.9 Å². The monoisotopic (exact) mass is 845 g/mol. The average Bonchev–Trinajstić information content (AvgIpc) is 4.08. The molecule has 0 radical (unpaired) electrons. The first kappa shape index (κ1) is 41.3. The molecule has 2 aliphatic rings. The summed E-state index contributed by atoms with van der Waals surface area (Å²) in [6.07, 6.45) is 5.68. The highest BCUT2D eigenvalue weighted by atomic mass is 16.5. The Balaban J connectivity index is 1.27. The first-order valence-electron chi connectivity index (χ1n) is 20.1. The molecule has 20 nitrogen and oxygen atoms in total. The number of hydrogen-bond acceptors (Lipinski definition) is 12. The van der Waals surface area contributed by atoms with Crippen molar-refractivity contribution in [3.63, 3.8) is 0 Å². The Morgan fingerprint density at radius 2 is 1.19 bits per heavy atom. The van der Waals surface area contributed by atoms with Crippen LogP contribution in [0.5, 0.6) is 11.5 Å². The number of carbonyl (C=O) groups is 4. The number of nitrogens with one attached hydrogen (secondary N) is 2. The van der Waals surface area contributed by atoms with Crippen molar-refractivity contribution in [3.05, 3.63) is 94.3 Å². The van der Waals surface area contributed by atoms with Crippen molar-refractivity contribution in [1.29, 1.82) is 0 Å². The third-order valence-corrected chi connectivity index (χ3v) is 10.8. The Bertz CT molecular complexity index is 2650. The fourth-order valence-corrected chi connectivity index (χ4v) is 7.75. The van der Waals surface area contributed by atoms with Crippen LogP contribution in [0.3, 0.4) is 0 Å². The van der Waals surface area contributed by atoms with Crippen LogP contribution in [0.1, 0.15) is 66.9 Å². The number of imidazole rings is 2. The molecule has 0 spiro atoms. The van der Waals surface area contributed by atoms with Crippen LogP contribution in [0.15, 0.2) is 60.4 Å². The van der Waals surface area contributed by atoms with Gasteiger partial charge in [0.05, 0.1) is 42.1 Å². The van der Waals surface area contributed by atoms with Crippen LogP contribution in [0.4, 0.5) is 11.9 Å². The molecule has 20 heteroatoms. The molecular weight excluding hydrogens is 799 g/mol. The number of methoxy groups -OCH3 is 1. The molecule has 6 aromatic rings. The van der Waals surface area contributed by atoms with Crippen molar-refractivity contribution in [3.8, 4) is 11.5 Å². The number of carbonyl (C=O) groups excluding carboxylic acids is 4. The first-order chi connectivity index (χ1) is 29.8. The van der Waals surface area contributed by atoms with Crippen LogP contribution in [0, 0.1) is 13.8 Å². The minimum atomic E-state index is -0.690. The lowest BCUT2D eigenvalue weighted by Gasteiger charge is -2.28. The Morgan fingerprint density at radius 3 is 1.60 bits per heavy atom. The molecule has 2 aliphatic heterocycles. The summed E-state index contributed by atoms with van der Waals surface area (Å²) in [6.45, 7) is 9.73. The predicted octanol–water partition coefficient (Wildman–Crippen LogP) is 3.38. The maximum Gasteiger partial charge on any atom is 0.276 e. The number of aromatic nitrogens is 8. The van der Waals surface area contributed by atoms with Crippen molar-refractivity contribution in [2.75, 3.05) is 44.0 Å². The lowest BCUT2D eigenvalue weighted by molar-refractivity contribution is 0.0991. The standard InChI is InChI=1S/C42H47N13O7/c1-6-54-31(14-23(3)49-54)39(58)47-41-45-29-16-25(37(43)56)18-33-35(29)52(41)11-8-9-12-53-36-30(46-42(53)48-40(59)32-15-24(4)50-55(32)7-2)17-26(38(44)57)19-34(36)62-22-27(21-61-33)51-13-10-28(20-51)60-5/h8-10,14-19,27H,6-7,11-13,20-22H2,1-5H3,(H2,43,56)(H2,44,57)(H,45,47,58)(H,46,48,59)/b9-8+. The number of nitrogens with two attached hydrogens (primary N) is 2. The Hall–Kier alpha value is -7.48. The molecule has 62 heavy (non-hydrogen) atoms. The fourth-order valence-electron chi connectivity index (χ4n) is 7.75. The summed E-state index contributed by atoms with van der Waals surface area (Å²) >= 11 is 0. The van der Waals surface area contributed by atoms with Gasteiger partial charge < -0.3 is 34.8 Å². The van der Waals surface area contributed by atoms with Gasteiger partial charge in [-0.1, -0.05) is 12.2 Å². The maximum atomic E-state index is 13.8. The molecule has 4 aromatic heterocycles. The van der Waals surface area contributed by atoms with Gasteiger partial charge in [-0.25, -0.2) is 9.97 Å². The van der Waals surface area contributed by atoms with Gasteiger partial charge in [-0.2, -0.15) is 10.2 Å². The van der Waals surface area contributed by atoms with E-state index in [1.165, 1.54) is 0 Å². The minimum absolute atomic E-state index is 0.0452. The van der Waals surface area contributed by atoms with E-state index in [1.54, 1.807) is 62.0 Å². The van der Waals surface area contributed by atoms with Crippen molar-refractivity contribution >= 4 is 57.6 Å². The van der Waals surface area contributed by atoms with Crippen molar-refractivity contribution < 1.29 is 33.4 Å². The van der Waals surface area contributed by atoms with Gasteiger partial charge in [-0.3, -0.25) is 44.1 Å². The van der Waals surface area contributed by atoms with E-state index in [9.17, 15) is 19.2 Å². The molecule has 6 heterocycles. The molecule has 0 saturated heterocycles. The van der Waals surface area contributed by atoms with E-state index in [4.69, 9.17) is 35.6 Å². The zero-order chi connectivity index (χ0) is 43.8. The van der Waals surface area contributed by atoms with Crippen molar-refractivity contribution in [1.82, 2.24) is 43.6 Å².